The summed E-state index contributed by atoms with van der Waals surface area (Å²) < 4.78 is 1.11. The van der Waals surface area contributed by atoms with Crippen molar-refractivity contribution in [2.75, 3.05) is 0 Å². The first kappa shape index (κ1) is 13.7. The fourth-order valence-electron chi connectivity index (χ4n) is 1.92. The Labute approximate surface area is 120 Å². The molecule has 1 aromatic heterocycles. The normalized spacial score (nSPS) is 12.7. The summed E-state index contributed by atoms with van der Waals surface area (Å²) in [5.41, 5.74) is 6.87. The van der Waals surface area contributed by atoms with Crippen molar-refractivity contribution in [2.24, 2.45) is 5.84 Å². The highest BCUT2D eigenvalue weighted by Crippen LogP contribution is 2.27. The van der Waals surface area contributed by atoms with E-state index in [-0.39, 0.29) is 6.04 Å². The van der Waals surface area contributed by atoms with E-state index in [1.807, 2.05) is 0 Å². The molecule has 4 heteroatoms. The molecule has 0 spiro atoms. The summed E-state index contributed by atoms with van der Waals surface area (Å²) in [5, 5.41) is 2.08. The van der Waals surface area contributed by atoms with Gasteiger partial charge in [-0.15, -0.1) is 11.3 Å². The molecule has 0 saturated heterocycles. The Morgan fingerprint density at radius 1 is 1.28 bits per heavy atom. The zero-order valence-corrected chi connectivity index (χ0v) is 12.9. The molecule has 0 aliphatic heterocycles. The van der Waals surface area contributed by atoms with E-state index in [1.165, 1.54) is 21.6 Å². The number of rotatable bonds is 4. The van der Waals surface area contributed by atoms with Crippen LogP contribution in [0.15, 0.2) is 34.1 Å². The molecular weight excluding hydrogens is 308 g/mol. The summed E-state index contributed by atoms with van der Waals surface area (Å²) in [4.78, 5) is 1.25. The van der Waals surface area contributed by atoms with Crippen molar-refractivity contribution >= 4 is 27.3 Å². The highest BCUT2D eigenvalue weighted by molar-refractivity contribution is 9.10. The fraction of sp³-hybridized carbons (Fsp3) is 0.286. The van der Waals surface area contributed by atoms with Gasteiger partial charge in [0.15, 0.2) is 0 Å². The lowest BCUT2D eigenvalue weighted by molar-refractivity contribution is 0.560. The van der Waals surface area contributed by atoms with E-state index in [0.717, 1.165) is 10.9 Å². The van der Waals surface area contributed by atoms with E-state index < -0.39 is 0 Å². The predicted octanol–water partition coefficient (Wildman–Crippen LogP) is 3.87. The number of hydrogen-bond donors (Lipinski definition) is 2. The van der Waals surface area contributed by atoms with Gasteiger partial charge in [0, 0.05) is 14.7 Å². The average molecular weight is 325 g/mol. The second kappa shape index (κ2) is 5.97. The van der Waals surface area contributed by atoms with Gasteiger partial charge in [-0.05, 0) is 59.0 Å². The molecule has 1 unspecified atom stereocenters. The van der Waals surface area contributed by atoms with Gasteiger partial charge in [0.25, 0.3) is 0 Å². The van der Waals surface area contributed by atoms with Crippen LogP contribution in [0.25, 0.3) is 0 Å². The minimum atomic E-state index is 0.170. The van der Waals surface area contributed by atoms with E-state index in [2.05, 4.69) is 64.8 Å². The molecule has 0 saturated carbocycles. The number of nitrogens with two attached hydrogens (primary N) is 1. The standard InChI is InChI=1S/C14H17BrN2S/c1-9-3-4-11(5-10(9)2)6-13(17-16)14-7-12(15)8-18-14/h3-5,7-8,13,17H,6,16H2,1-2H3. The molecule has 0 aliphatic carbocycles. The first-order valence-electron chi connectivity index (χ1n) is 5.86. The molecule has 2 nitrogen and oxygen atoms in total. The van der Waals surface area contributed by atoms with Crippen LogP contribution in [0.3, 0.4) is 0 Å². The second-order valence-corrected chi connectivity index (χ2v) is 6.37. The van der Waals surface area contributed by atoms with Gasteiger partial charge >= 0.3 is 0 Å². The van der Waals surface area contributed by atoms with Gasteiger partial charge in [0.1, 0.15) is 0 Å². The van der Waals surface area contributed by atoms with Crippen molar-refractivity contribution in [1.82, 2.24) is 5.43 Å². The van der Waals surface area contributed by atoms with Crippen LogP contribution in [0.5, 0.6) is 0 Å². The maximum absolute atomic E-state index is 5.67. The van der Waals surface area contributed by atoms with Gasteiger partial charge in [0.2, 0.25) is 0 Å². The summed E-state index contributed by atoms with van der Waals surface area (Å²) in [6, 6.07) is 8.87. The number of benzene rings is 1. The Bertz CT molecular complexity index is 536. The largest absolute Gasteiger partial charge is 0.271 e. The van der Waals surface area contributed by atoms with Gasteiger partial charge in [0.05, 0.1) is 6.04 Å². The van der Waals surface area contributed by atoms with Crippen LogP contribution in [0.2, 0.25) is 0 Å². The molecule has 0 bridgehead atoms. The molecule has 18 heavy (non-hydrogen) atoms. The van der Waals surface area contributed by atoms with E-state index >= 15 is 0 Å². The van der Waals surface area contributed by atoms with Crippen LogP contribution in [0.1, 0.15) is 27.6 Å². The number of halogens is 1. The minimum absolute atomic E-state index is 0.170. The average Bonchev–Trinajstić information content (AvgIpc) is 2.77. The molecule has 0 aliphatic rings. The number of nitrogens with one attached hydrogen (secondary N) is 1. The van der Waals surface area contributed by atoms with Crippen molar-refractivity contribution in [1.29, 1.82) is 0 Å². The molecule has 2 rings (SSSR count). The molecule has 3 N–H and O–H groups in total. The van der Waals surface area contributed by atoms with Gasteiger partial charge in [-0.1, -0.05) is 18.2 Å². The predicted molar refractivity (Wildman–Crippen MR) is 81.7 cm³/mol. The highest BCUT2D eigenvalue weighted by Gasteiger charge is 2.13. The summed E-state index contributed by atoms with van der Waals surface area (Å²) in [5.74, 6) is 5.67. The molecule has 1 aromatic carbocycles. The highest BCUT2D eigenvalue weighted by atomic mass is 79.9. The first-order chi connectivity index (χ1) is 8.60. The van der Waals surface area contributed by atoms with E-state index in [4.69, 9.17) is 5.84 Å². The SMILES string of the molecule is Cc1ccc(CC(NN)c2cc(Br)cs2)cc1C. The lowest BCUT2D eigenvalue weighted by Crippen LogP contribution is -2.28. The van der Waals surface area contributed by atoms with Crippen LogP contribution in [-0.4, -0.2) is 0 Å². The van der Waals surface area contributed by atoms with Crippen molar-refractivity contribution < 1.29 is 0 Å². The topological polar surface area (TPSA) is 38.0 Å². The first-order valence-corrected chi connectivity index (χ1v) is 7.53. The number of thiophene rings is 1. The van der Waals surface area contributed by atoms with Crippen LogP contribution in [0, 0.1) is 13.8 Å². The van der Waals surface area contributed by atoms with E-state index in [1.54, 1.807) is 11.3 Å². The molecule has 0 fully saturated rings. The molecular formula is C14H17BrN2S. The Morgan fingerprint density at radius 2 is 2.06 bits per heavy atom. The molecule has 0 radical (unpaired) electrons. The van der Waals surface area contributed by atoms with Crippen molar-refractivity contribution in [3.8, 4) is 0 Å². The third-order valence-corrected chi connectivity index (χ3v) is 4.95. The Kier molecular flexibility index (Phi) is 4.56. The third kappa shape index (κ3) is 3.20. The maximum atomic E-state index is 5.67. The lowest BCUT2D eigenvalue weighted by atomic mass is 10.0. The maximum Gasteiger partial charge on any atom is 0.0593 e. The summed E-state index contributed by atoms with van der Waals surface area (Å²) in [7, 11) is 0. The number of hydrazine groups is 1. The number of aryl methyl sites for hydroxylation is 2. The zero-order chi connectivity index (χ0) is 13.1. The summed E-state index contributed by atoms with van der Waals surface area (Å²) in [6.45, 7) is 4.28. The van der Waals surface area contributed by atoms with Gasteiger partial charge in [-0.3, -0.25) is 11.3 Å². The van der Waals surface area contributed by atoms with Crippen LogP contribution < -0.4 is 11.3 Å². The van der Waals surface area contributed by atoms with Crippen molar-refractivity contribution in [3.05, 3.63) is 55.7 Å². The van der Waals surface area contributed by atoms with Crippen molar-refractivity contribution in [2.45, 2.75) is 26.3 Å². The van der Waals surface area contributed by atoms with Crippen LogP contribution >= 0.6 is 27.3 Å². The molecule has 1 heterocycles. The fourth-order valence-corrected chi connectivity index (χ4v) is 3.42. The smallest absolute Gasteiger partial charge is 0.0593 e. The van der Waals surface area contributed by atoms with Crippen LogP contribution in [0.4, 0.5) is 0 Å². The van der Waals surface area contributed by atoms with Gasteiger partial charge in [-0.2, -0.15) is 0 Å². The molecule has 2 aromatic rings. The molecule has 1 atom stereocenters. The molecule has 0 amide bonds. The van der Waals surface area contributed by atoms with Gasteiger partial charge < -0.3 is 0 Å². The van der Waals surface area contributed by atoms with Gasteiger partial charge in [-0.25, -0.2) is 0 Å². The zero-order valence-electron chi connectivity index (χ0n) is 10.5. The quantitative estimate of drug-likeness (QED) is 0.661. The summed E-state index contributed by atoms with van der Waals surface area (Å²) >= 11 is 5.20. The molecule has 96 valence electrons. The summed E-state index contributed by atoms with van der Waals surface area (Å²) in [6.07, 6.45) is 0.907. The minimum Gasteiger partial charge on any atom is -0.271 e. The third-order valence-electron chi connectivity index (χ3n) is 3.14. The number of hydrogen-bond acceptors (Lipinski definition) is 3. The monoisotopic (exact) mass is 324 g/mol. The Balaban J connectivity index is 2.17. The Hall–Kier alpha value is -0.680. The lowest BCUT2D eigenvalue weighted by Gasteiger charge is -2.15. The second-order valence-electron chi connectivity index (χ2n) is 4.51. The van der Waals surface area contributed by atoms with Crippen molar-refractivity contribution in [3.63, 3.8) is 0 Å². The van der Waals surface area contributed by atoms with E-state index in [9.17, 15) is 0 Å². The van der Waals surface area contributed by atoms with E-state index in [0.29, 0.717) is 0 Å². The Morgan fingerprint density at radius 3 is 2.61 bits per heavy atom. The van der Waals surface area contributed by atoms with Crippen LogP contribution in [-0.2, 0) is 6.42 Å².